The van der Waals surface area contributed by atoms with Crippen molar-refractivity contribution < 1.29 is 14.3 Å². The molecule has 31 heavy (non-hydrogen) atoms. The maximum atomic E-state index is 13.8. The van der Waals surface area contributed by atoms with Gasteiger partial charge in [-0.2, -0.15) is 0 Å². The zero-order valence-electron chi connectivity index (χ0n) is 17.5. The van der Waals surface area contributed by atoms with E-state index >= 15 is 0 Å². The average Bonchev–Trinajstić information content (AvgIpc) is 3.08. The fourth-order valence-corrected chi connectivity index (χ4v) is 4.65. The predicted molar refractivity (Wildman–Crippen MR) is 122 cm³/mol. The molecule has 3 aromatic carbocycles. The van der Waals surface area contributed by atoms with Gasteiger partial charge in [0.05, 0.1) is 18.4 Å². The summed E-state index contributed by atoms with van der Waals surface area (Å²) in [6.07, 6.45) is 3.17. The Bertz CT molecular complexity index is 1200. The second-order valence-electron chi connectivity index (χ2n) is 7.92. The number of methoxy groups -OCH3 is 1. The van der Waals surface area contributed by atoms with E-state index in [0.717, 1.165) is 43.1 Å². The van der Waals surface area contributed by atoms with Crippen molar-refractivity contribution in [1.82, 2.24) is 4.90 Å². The summed E-state index contributed by atoms with van der Waals surface area (Å²) < 4.78 is 5.55. The molecule has 2 aliphatic rings. The molecule has 0 spiro atoms. The molecule has 0 N–H and O–H groups in total. The quantitative estimate of drug-likeness (QED) is 0.587. The number of para-hydroxylation sites is 1. The van der Waals surface area contributed by atoms with Crippen LogP contribution in [0.1, 0.15) is 24.8 Å². The van der Waals surface area contributed by atoms with E-state index in [-0.39, 0.29) is 11.8 Å². The van der Waals surface area contributed by atoms with Crippen molar-refractivity contribution in [3.63, 3.8) is 0 Å². The number of carbonyl (C=O) groups is 2. The minimum absolute atomic E-state index is 0.260. The van der Waals surface area contributed by atoms with E-state index in [1.807, 2.05) is 66.7 Å². The van der Waals surface area contributed by atoms with Crippen LogP contribution < -0.4 is 9.64 Å². The number of hydrogen-bond acceptors (Lipinski definition) is 4. The molecule has 5 heteroatoms. The molecule has 0 aliphatic carbocycles. The molecule has 5 nitrogen and oxygen atoms in total. The number of hydrogen-bond donors (Lipinski definition) is 0. The van der Waals surface area contributed by atoms with Gasteiger partial charge in [-0.25, -0.2) is 4.90 Å². The lowest BCUT2D eigenvalue weighted by Crippen LogP contribution is -2.37. The molecule has 0 radical (unpaired) electrons. The lowest BCUT2D eigenvalue weighted by Gasteiger charge is -2.29. The van der Waals surface area contributed by atoms with Crippen LogP contribution in [0.5, 0.6) is 5.75 Å². The summed E-state index contributed by atoms with van der Waals surface area (Å²) in [6, 6.07) is 21.0. The molecule has 156 valence electrons. The van der Waals surface area contributed by atoms with Crippen molar-refractivity contribution >= 4 is 33.8 Å². The Labute approximate surface area is 181 Å². The van der Waals surface area contributed by atoms with Crippen LogP contribution in [0.25, 0.3) is 16.3 Å². The van der Waals surface area contributed by atoms with Gasteiger partial charge in [0.15, 0.2) is 0 Å². The molecule has 2 aliphatic heterocycles. The predicted octanol–water partition coefficient (Wildman–Crippen LogP) is 4.62. The van der Waals surface area contributed by atoms with Crippen LogP contribution in [-0.4, -0.2) is 36.9 Å². The van der Waals surface area contributed by atoms with E-state index in [1.165, 1.54) is 4.90 Å². The van der Waals surface area contributed by atoms with Crippen LogP contribution in [0.4, 0.5) is 5.69 Å². The van der Waals surface area contributed by atoms with Gasteiger partial charge in [-0.1, -0.05) is 54.6 Å². The van der Waals surface area contributed by atoms with E-state index in [1.54, 1.807) is 7.11 Å². The normalized spacial score (nSPS) is 17.1. The number of benzene rings is 3. The SMILES string of the molecule is COc1ccccc1C1=C(N2CCCCC2)C(=O)N(c2cccc3ccccc23)C1=O. The summed E-state index contributed by atoms with van der Waals surface area (Å²) in [5.41, 5.74) is 2.19. The van der Waals surface area contributed by atoms with Crippen molar-refractivity contribution in [3.8, 4) is 5.75 Å². The van der Waals surface area contributed by atoms with E-state index in [9.17, 15) is 9.59 Å². The first kappa shape index (κ1) is 19.4. The molecule has 5 rings (SSSR count). The van der Waals surface area contributed by atoms with E-state index in [0.29, 0.717) is 28.3 Å². The summed E-state index contributed by atoms with van der Waals surface area (Å²) in [7, 11) is 1.59. The van der Waals surface area contributed by atoms with Gasteiger partial charge in [0.1, 0.15) is 11.4 Å². The Kier molecular flexibility index (Phi) is 4.94. The van der Waals surface area contributed by atoms with Crippen molar-refractivity contribution in [1.29, 1.82) is 0 Å². The molecule has 0 aromatic heterocycles. The maximum absolute atomic E-state index is 13.8. The van der Waals surface area contributed by atoms with Crippen LogP contribution in [0.2, 0.25) is 0 Å². The first-order valence-electron chi connectivity index (χ1n) is 10.7. The van der Waals surface area contributed by atoms with Gasteiger partial charge < -0.3 is 9.64 Å². The Morgan fingerprint density at radius 3 is 2.29 bits per heavy atom. The Morgan fingerprint density at radius 2 is 1.48 bits per heavy atom. The second-order valence-corrected chi connectivity index (χ2v) is 7.92. The number of rotatable bonds is 4. The largest absolute Gasteiger partial charge is 0.496 e. The van der Waals surface area contributed by atoms with Crippen LogP contribution in [0.15, 0.2) is 72.4 Å². The summed E-state index contributed by atoms with van der Waals surface area (Å²) in [6.45, 7) is 1.55. The van der Waals surface area contributed by atoms with E-state index in [2.05, 4.69) is 4.90 Å². The average molecular weight is 412 g/mol. The van der Waals surface area contributed by atoms with Crippen LogP contribution in [0, 0.1) is 0 Å². The van der Waals surface area contributed by atoms with Gasteiger partial charge in [0.25, 0.3) is 11.8 Å². The van der Waals surface area contributed by atoms with Crippen molar-refractivity contribution in [2.24, 2.45) is 0 Å². The lowest BCUT2D eigenvalue weighted by molar-refractivity contribution is -0.120. The summed E-state index contributed by atoms with van der Waals surface area (Å²) in [4.78, 5) is 31.1. The standard InChI is InChI=1S/C26H24N2O3/c1-31-22-15-6-5-13-20(22)23-24(27-16-7-2-8-17-27)26(30)28(25(23)29)21-14-9-11-18-10-3-4-12-19(18)21/h3-6,9-15H,2,7-8,16-17H2,1H3. The molecule has 0 atom stereocenters. The highest BCUT2D eigenvalue weighted by Gasteiger charge is 2.43. The number of likely N-dealkylation sites (tertiary alicyclic amines) is 1. The Balaban J connectivity index is 1.70. The molecular weight excluding hydrogens is 388 g/mol. The molecule has 3 aromatic rings. The third-order valence-corrected chi connectivity index (χ3v) is 6.12. The molecule has 0 bridgehead atoms. The third-order valence-electron chi connectivity index (χ3n) is 6.12. The zero-order chi connectivity index (χ0) is 21.4. The smallest absolute Gasteiger partial charge is 0.282 e. The van der Waals surface area contributed by atoms with Crippen LogP contribution >= 0.6 is 0 Å². The van der Waals surface area contributed by atoms with E-state index < -0.39 is 0 Å². The minimum Gasteiger partial charge on any atom is -0.496 e. The monoisotopic (exact) mass is 412 g/mol. The molecule has 0 saturated carbocycles. The molecular formula is C26H24N2O3. The third kappa shape index (κ3) is 3.17. The second kappa shape index (κ2) is 7.91. The van der Waals surface area contributed by atoms with Gasteiger partial charge in [-0.05, 0) is 36.8 Å². The van der Waals surface area contributed by atoms with Gasteiger partial charge in [-0.15, -0.1) is 0 Å². The number of ether oxygens (including phenoxy) is 1. The number of carbonyl (C=O) groups excluding carboxylic acids is 2. The van der Waals surface area contributed by atoms with Crippen molar-refractivity contribution in [2.75, 3.05) is 25.1 Å². The fraction of sp³-hybridized carbons (Fsp3) is 0.231. The highest BCUT2D eigenvalue weighted by molar-refractivity contribution is 6.46. The lowest BCUT2D eigenvalue weighted by atomic mass is 10.0. The first-order valence-corrected chi connectivity index (χ1v) is 10.7. The maximum Gasteiger partial charge on any atom is 0.282 e. The first-order chi connectivity index (χ1) is 15.2. The molecule has 2 amide bonds. The Hall–Kier alpha value is -3.60. The summed E-state index contributed by atoms with van der Waals surface area (Å²) in [5, 5.41) is 1.87. The van der Waals surface area contributed by atoms with Gasteiger partial charge in [-0.3, -0.25) is 9.59 Å². The topological polar surface area (TPSA) is 49.9 Å². The molecule has 1 saturated heterocycles. The summed E-state index contributed by atoms with van der Waals surface area (Å²) >= 11 is 0. The van der Waals surface area contributed by atoms with Crippen molar-refractivity contribution in [3.05, 3.63) is 78.0 Å². The molecule has 0 unspecified atom stereocenters. The highest BCUT2D eigenvalue weighted by Crippen LogP contribution is 2.40. The van der Waals surface area contributed by atoms with Crippen LogP contribution in [-0.2, 0) is 9.59 Å². The van der Waals surface area contributed by atoms with E-state index in [4.69, 9.17) is 4.74 Å². The highest BCUT2D eigenvalue weighted by atomic mass is 16.5. The minimum atomic E-state index is -0.300. The van der Waals surface area contributed by atoms with Gasteiger partial charge in [0.2, 0.25) is 0 Å². The zero-order valence-corrected chi connectivity index (χ0v) is 17.5. The number of imide groups is 1. The fourth-order valence-electron chi connectivity index (χ4n) is 4.65. The van der Waals surface area contributed by atoms with Gasteiger partial charge in [0, 0.05) is 24.0 Å². The number of nitrogens with zero attached hydrogens (tertiary/aromatic N) is 2. The number of anilines is 1. The Morgan fingerprint density at radius 1 is 0.774 bits per heavy atom. The molecule has 2 heterocycles. The van der Waals surface area contributed by atoms with Gasteiger partial charge >= 0.3 is 0 Å². The molecule has 1 fully saturated rings. The number of amides is 2. The number of piperidine rings is 1. The summed E-state index contributed by atoms with van der Waals surface area (Å²) in [5.74, 6) is 0.0310. The van der Waals surface area contributed by atoms with Crippen LogP contribution in [0.3, 0.4) is 0 Å². The number of fused-ring (bicyclic) bond motifs is 1. The van der Waals surface area contributed by atoms with Crippen molar-refractivity contribution in [2.45, 2.75) is 19.3 Å².